The predicted molar refractivity (Wildman–Crippen MR) is 81.2 cm³/mol. The second-order valence-corrected chi connectivity index (χ2v) is 6.39. The van der Waals surface area contributed by atoms with Gasteiger partial charge in [0.1, 0.15) is 5.82 Å². The Hall–Kier alpha value is -1.07. The Morgan fingerprint density at radius 2 is 2.10 bits per heavy atom. The summed E-state index contributed by atoms with van der Waals surface area (Å²) in [4.78, 5) is 13.7. The fraction of sp³-hybridized carbons (Fsp3) is 0.533. The van der Waals surface area contributed by atoms with Crippen LogP contribution >= 0.6 is 11.8 Å². The lowest BCUT2D eigenvalue weighted by Crippen LogP contribution is -2.32. The number of rotatable bonds is 5. The van der Waals surface area contributed by atoms with Crippen molar-refractivity contribution in [3.63, 3.8) is 0 Å². The maximum absolute atomic E-state index is 13.5. The first-order chi connectivity index (χ1) is 9.66. The number of halogens is 1. The van der Waals surface area contributed by atoms with Crippen LogP contribution in [0.3, 0.4) is 0 Å². The molecule has 0 saturated carbocycles. The molecule has 110 valence electrons. The topological polar surface area (TPSA) is 32.3 Å². The first-order valence-corrected chi connectivity index (χ1v) is 8.01. The SMILES string of the molecule is CN(Cc1ccccc1F)C(=O)CSC1CCNCC1. The van der Waals surface area contributed by atoms with E-state index in [1.807, 2.05) is 0 Å². The average Bonchev–Trinajstić information content (AvgIpc) is 2.48. The molecule has 20 heavy (non-hydrogen) atoms. The molecule has 0 spiro atoms. The summed E-state index contributed by atoms with van der Waals surface area (Å²) in [6.07, 6.45) is 2.24. The molecule has 1 aromatic rings. The summed E-state index contributed by atoms with van der Waals surface area (Å²) in [5.74, 6) is 0.297. The first-order valence-electron chi connectivity index (χ1n) is 6.96. The number of carbonyl (C=O) groups excluding carboxylic acids is 1. The maximum Gasteiger partial charge on any atom is 0.232 e. The lowest BCUT2D eigenvalue weighted by Gasteiger charge is -2.23. The van der Waals surface area contributed by atoms with Crippen molar-refractivity contribution in [2.24, 2.45) is 0 Å². The van der Waals surface area contributed by atoms with Crippen molar-refractivity contribution >= 4 is 17.7 Å². The van der Waals surface area contributed by atoms with E-state index in [9.17, 15) is 9.18 Å². The van der Waals surface area contributed by atoms with Crippen LogP contribution in [0, 0.1) is 5.82 Å². The molecular formula is C15H21FN2OS. The molecule has 2 rings (SSSR count). The molecule has 1 fully saturated rings. The van der Waals surface area contributed by atoms with Crippen molar-refractivity contribution in [1.82, 2.24) is 10.2 Å². The predicted octanol–water partition coefficient (Wildman–Crippen LogP) is 2.27. The van der Waals surface area contributed by atoms with Crippen LogP contribution in [-0.4, -0.2) is 41.9 Å². The molecule has 0 radical (unpaired) electrons. The van der Waals surface area contributed by atoms with Gasteiger partial charge in [-0.25, -0.2) is 4.39 Å². The van der Waals surface area contributed by atoms with Crippen LogP contribution in [0.25, 0.3) is 0 Å². The van der Waals surface area contributed by atoms with Gasteiger partial charge in [0.15, 0.2) is 0 Å². The zero-order valence-electron chi connectivity index (χ0n) is 11.8. The second kappa shape index (κ2) is 7.64. The zero-order valence-corrected chi connectivity index (χ0v) is 12.6. The summed E-state index contributed by atoms with van der Waals surface area (Å²) in [6, 6.07) is 6.60. The average molecular weight is 296 g/mol. The summed E-state index contributed by atoms with van der Waals surface area (Å²) in [6.45, 7) is 2.41. The molecule has 1 N–H and O–H groups in total. The number of hydrogen-bond donors (Lipinski definition) is 1. The van der Waals surface area contributed by atoms with Gasteiger partial charge in [-0.3, -0.25) is 4.79 Å². The lowest BCUT2D eigenvalue weighted by molar-refractivity contribution is -0.127. The summed E-state index contributed by atoms with van der Waals surface area (Å²) in [5, 5.41) is 3.89. The van der Waals surface area contributed by atoms with Crippen LogP contribution in [-0.2, 0) is 11.3 Å². The Morgan fingerprint density at radius 1 is 1.40 bits per heavy atom. The molecule has 1 amide bonds. The quantitative estimate of drug-likeness (QED) is 0.904. The number of benzene rings is 1. The first kappa shape index (κ1) is 15.3. The van der Waals surface area contributed by atoms with Crippen molar-refractivity contribution in [2.75, 3.05) is 25.9 Å². The van der Waals surface area contributed by atoms with Gasteiger partial charge in [-0.1, -0.05) is 18.2 Å². The molecule has 0 aliphatic carbocycles. The Kier molecular flexibility index (Phi) is 5.86. The highest BCUT2D eigenvalue weighted by Gasteiger charge is 2.17. The Balaban J connectivity index is 1.78. The molecule has 0 atom stereocenters. The molecule has 5 heteroatoms. The third kappa shape index (κ3) is 4.49. The van der Waals surface area contributed by atoms with Crippen molar-refractivity contribution in [2.45, 2.75) is 24.6 Å². The monoisotopic (exact) mass is 296 g/mol. The van der Waals surface area contributed by atoms with E-state index in [1.54, 1.807) is 41.9 Å². The third-order valence-electron chi connectivity index (χ3n) is 3.52. The number of piperidine rings is 1. The Labute approximate surface area is 123 Å². The third-order valence-corrected chi connectivity index (χ3v) is 4.88. The van der Waals surface area contributed by atoms with Crippen LogP contribution in [0.5, 0.6) is 0 Å². The molecular weight excluding hydrogens is 275 g/mol. The van der Waals surface area contributed by atoms with Crippen LogP contribution in [0.15, 0.2) is 24.3 Å². The van der Waals surface area contributed by atoms with Gasteiger partial charge < -0.3 is 10.2 Å². The number of nitrogens with one attached hydrogen (secondary N) is 1. The van der Waals surface area contributed by atoms with E-state index < -0.39 is 0 Å². The smallest absolute Gasteiger partial charge is 0.232 e. The summed E-state index contributed by atoms with van der Waals surface area (Å²) >= 11 is 1.72. The van der Waals surface area contributed by atoms with Gasteiger partial charge in [-0.05, 0) is 32.0 Å². The van der Waals surface area contributed by atoms with E-state index in [2.05, 4.69) is 5.32 Å². The van der Waals surface area contributed by atoms with Crippen molar-refractivity contribution < 1.29 is 9.18 Å². The highest BCUT2D eigenvalue weighted by molar-refractivity contribution is 8.00. The van der Waals surface area contributed by atoms with Crippen LogP contribution in [0.1, 0.15) is 18.4 Å². The van der Waals surface area contributed by atoms with E-state index in [0.717, 1.165) is 25.9 Å². The summed E-state index contributed by atoms with van der Waals surface area (Å²) < 4.78 is 13.5. The molecule has 1 aliphatic rings. The van der Waals surface area contributed by atoms with Crippen molar-refractivity contribution in [3.8, 4) is 0 Å². The number of thioether (sulfide) groups is 1. The molecule has 0 unspecified atom stereocenters. The van der Waals surface area contributed by atoms with Gasteiger partial charge in [0.2, 0.25) is 5.91 Å². The molecule has 1 heterocycles. The minimum Gasteiger partial charge on any atom is -0.341 e. The molecule has 0 bridgehead atoms. The van der Waals surface area contributed by atoms with Crippen LogP contribution in [0.4, 0.5) is 4.39 Å². The van der Waals surface area contributed by atoms with E-state index in [4.69, 9.17) is 0 Å². The largest absolute Gasteiger partial charge is 0.341 e. The normalized spacial score (nSPS) is 16.1. The van der Waals surface area contributed by atoms with Gasteiger partial charge in [0, 0.05) is 24.4 Å². The number of amides is 1. The van der Waals surface area contributed by atoms with Gasteiger partial charge >= 0.3 is 0 Å². The standard InChI is InChI=1S/C15H21FN2OS/c1-18(10-12-4-2-3-5-14(12)16)15(19)11-20-13-6-8-17-9-7-13/h2-5,13,17H,6-11H2,1H3. The number of carbonyl (C=O) groups is 1. The lowest BCUT2D eigenvalue weighted by atomic mass is 10.2. The van der Waals surface area contributed by atoms with Gasteiger partial charge in [0.05, 0.1) is 5.75 Å². The second-order valence-electron chi connectivity index (χ2n) is 5.10. The van der Waals surface area contributed by atoms with E-state index >= 15 is 0 Å². The van der Waals surface area contributed by atoms with Gasteiger partial charge in [-0.2, -0.15) is 0 Å². The highest BCUT2D eigenvalue weighted by Crippen LogP contribution is 2.20. The van der Waals surface area contributed by atoms with E-state index in [1.165, 1.54) is 6.07 Å². The van der Waals surface area contributed by atoms with Crippen LogP contribution < -0.4 is 5.32 Å². The minimum absolute atomic E-state index is 0.0665. The van der Waals surface area contributed by atoms with Crippen LogP contribution in [0.2, 0.25) is 0 Å². The number of nitrogens with zero attached hydrogens (tertiary/aromatic N) is 1. The summed E-state index contributed by atoms with van der Waals surface area (Å²) in [5.41, 5.74) is 0.565. The van der Waals surface area contributed by atoms with Crippen molar-refractivity contribution in [1.29, 1.82) is 0 Å². The molecule has 1 aromatic carbocycles. The molecule has 0 aromatic heterocycles. The highest BCUT2D eigenvalue weighted by atomic mass is 32.2. The molecule has 1 saturated heterocycles. The van der Waals surface area contributed by atoms with Gasteiger partial charge in [-0.15, -0.1) is 11.8 Å². The molecule has 3 nitrogen and oxygen atoms in total. The maximum atomic E-state index is 13.5. The number of hydrogen-bond acceptors (Lipinski definition) is 3. The Bertz CT molecular complexity index is 449. The fourth-order valence-corrected chi connectivity index (χ4v) is 3.40. The Morgan fingerprint density at radius 3 is 2.80 bits per heavy atom. The fourth-order valence-electron chi connectivity index (χ4n) is 2.23. The molecule has 1 aliphatic heterocycles. The zero-order chi connectivity index (χ0) is 14.4. The summed E-state index contributed by atoms with van der Waals surface area (Å²) in [7, 11) is 1.73. The van der Waals surface area contributed by atoms with Gasteiger partial charge in [0.25, 0.3) is 0 Å². The van der Waals surface area contributed by atoms with E-state index in [0.29, 0.717) is 23.1 Å². The van der Waals surface area contributed by atoms with E-state index in [-0.39, 0.29) is 11.7 Å². The minimum atomic E-state index is -0.252. The van der Waals surface area contributed by atoms with Crippen molar-refractivity contribution in [3.05, 3.63) is 35.6 Å².